The van der Waals surface area contributed by atoms with E-state index < -0.39 is 11.7 Å². The van der Waals surface area contributed by atoms with Crippen molar-refractivity contribution in [2.45, 2.75) is 24.9 Å². The Morgan fingerprint density at radius 1 is 0.818 bits per heavy atom. The molecule has 3 aromatic carbocycles. The van der Waals surface area contributed by atoms with Crippen LogP contribution in [0.1, 0.15) is 29.9 Å². The van der Waals surface area contributed by atoms with E-state index in [0.29, 0.717) is 0 Å². The van der Waals surface area contributed by atoms with Crippen LogP contribution in [0.2, 0.25) is 0 Å². The van der Waals surface area contributed by atoms with Gasteiger partial charge in [-0.15, -0.1) is 0 Å². The summed E-state index contributed by atoms with van der Waals surface area (Å²) < 4.78 is 52.1. The molecule has 4 aromatic rings. The monoisotopic (exact) mass is 450 g/mol. The molecule has 168 valence electrons. The Morgan fingerprint density at radius 2 is 1.48 bits per heavy atom. The largest absolute Gasteiger partial charge is 0.416 e. The first kappa shape index (κ1) is 21.4. The fourth-order valence-corrected chi connectivity index (χ4v) is 4.56. The molecule has 1 aliphatic heterocycles. The lowest BCUT2D eigenvalue weighted by Gasteiger charge is -2.34. The van der Waals surface area contributed by atoms with Crippen LogP contribution in [0, 0.1) is 5.82 Å². The lowest BCUT2D eigenvalue weighted by molar-refractivity contribution is -0.137. The van der Waals surface area contributed by atoms with Gasteiger partial charge >= 0.3 is 6.18 Å². The number of hydrogen-bond acceptors (Lipinski definition) is 2. The quantitative estimate of drug-likeness (QED) is 0.302. The average Bonchev–Trinajstić information content (AvgIpc) is 2.83. The van der Waals surface area contributed by atoms with E-state index in [0.717, 1.165) is 59.3 Å². The van der Waals surface area contributed by atoms with Gasteiger partial charge in [-0.05, 0) is 66.3 Å². The first-order valence-corrected chi connectivity index (χ1v) is 11.0. The number of nitrogens with zero attached hydrogens (tertiary/aromatic N) is 2. The molecule has 0 unspecified atom stereocenters. The van der Waals surface area contributed by atoms with Crippen LogP contribution >= 0.6 is 0 Å². The molecule has 1 aromatic heterocycles. The summed E-state index contributed by atoms with van der Waals surface area (Å²) in [5.41, 5.74) is 3.06. The number of pyridine rings is 1. The number of aromatic nitrogens is 1. The maximum Gasteiger partial charge on any atom is 0.416 e. The highest BCUT2D eigenvalue weighted by molar-refractivity contribution is 5.89. The fourth-order valence-electron chi connectivity index (χ4n) is 4.56. The number of anilines is 1. The zero-order valence-electron chi connectivity index (χ0n) is 17.8. The summed E-state index contributed by atoms with van der Waals surface area (Å²) >= 11 is 0. The molecule has 0 saturated carbocycles. The number of fused-ring (bicyclic) bond motifs is 1. The lowest BCUT2D eigenvalue weighted by Crippen LogP contribution is -2.34. The molecule has 2 heterocycles. The van der Waals surface area contributed by atoms with Crippen LogP contribution in [0.4, 0.5) is 23.4 Å². The van der Waals surface area contributed by atoms with Crippen LogP contribution in [0.5, 0.6) is 0 Å². The molecule has 0 radical (unpaired) electrons. The smallest absolute Gasteiger partial charge is 0.356 e. The number of rotatable bonds is 3. The maximum atomic E-state index is 13.5. The summed E-state index contributed by atoms with van der Waals surface area (Å²) in [6.45, 7) is 1.48. The zero-order valence-corrected chi connectivity index (χ0v) is 17.8. The predicted octanol–water partition coefficient (Wildman–Crippen LogP) is 7.44. The van der Waals surface area contributed by atoms with E-state index in [1.54, 1.807) is 24.3 Å². The molecule has 0 amide bonds. The highest BCUT2D eigenvalue weighted by Gasteiger charge is 2.31. The summed E-state index contributed by atoms with van der Waals surface area (Å²) in [5, 5.41) is 1.01. The third kappa shape index (κ3) is 4.42. The van der Waals surface area contributed by atoms with Gasteiger partial charge in [0.2, 0.25) is 0 Å². The minimum atomic E-state index is -4.32. The van der Waals surface area contributed by atoms with Gasteiger partial charge in [-0.2, -0.15) is 13.2 Å². The van der Waals surface area contributed by atoms with Crippen LogP contribution in [-0.4, -0.2) is 18.1 Å². The molecule has 0 bridgehead atoms. The summed E-state index contributed by atoms with van der Waals surface area (Å²) in [5.74, 6) is 0.774. The third-order valence-electron chi connectivity index (χ3n) is 6.36. The summed E-state index contributed by atoms with van der Waals surface area (Å²) in [4.78, 5) is 7.17. The van der Waals surface area contributed by atoms with Crippen LogP contribution in [0.25, 0.3) is 22.0 Å². The Kier molecular flexibility index (Phi) is 5.52. The summed E-state index contributed by atoms with van der Waals surface area (Å²) in [6.07, 6.45) is -2.67. The van der Waals surface area contributed by atoms with Crippen LogP contribution in [0.15, 0.2) is 78.9 Å². The van der Waals surface area contributed by atoms with Crippen LogP contribution in [0.3, 0.4) is 0 Å². The van der Waals surface area contributed by atoms with Crippen LogP contribution < -0.4 is 4.90 Å². The van der Waals surface area contributed by atoms with Crippen molar-refractivity contribution in [1.29, 1.82) is 0 Å². The number of piperidine rings is 1. The number of hydrogen-bond donors (Lipinski definition) is 0. The molecule has 1 fully saturated rings. The SMILES string of the molecule is Fc1ccc(-c2cc3ccccc3nc2N2CCC(c3ccc(C(F)(F)F)cc3)CC2)cc1. The van der Waals surface area contributed by atoms with Gasteiger partial charge in [0.1, 0.15) is 11.6 Å². The van der Waals surface area contributed by atoms with E-state index in [1.807, 2.05) is 24.3 Å². The van der Waals surface area contributed by atoms with Gasteiger partial charge < -0.3 is 4.90 Å². The van der Waals surface area contributed by atoms with Crippen molar-refractivity contribution in [3.05, 3.63) is 95.8 Å². The molecular formula is C27H22F4N2. The molecule has 0 atom stereocenters. The van der Waals surface area contributed by atoms with Gasteiger partial charge in [0, 0.05) is 24.0 Å². The first-order valence-electron chi connectivity index (χ1n) is 11.0. The van der Waals surface area contributed by atoms with E-state index in [2.05, 4.69) is 11.0 Å². The van der Waals surface area contributed by atoms with E-state index in [9.17, 15) is 17.6 Å². The Bertz CT molecular complexity index is 1260. The first-order chi connectivity index (χ1) is 15.9. The van der Waals surface area contributed by atoms with Gasteiger partial charge in [0.05, 0.1) is 11.1 Å². The molecule has 6 heteroatoms. The molecular weight excluding hydrogens is 428 g/mol. The van der Waals surface area contributed by atoms with Gasteiger partial charge in [-0.1, -0.05) is 42.5 Å². The topological polar surface area (TPSA) is 16.1 Å². The second-order valence-electron chi connectivity index (χ2n) is 8.44. The van der Waals surface area contributed by atoms with Gasteiger partial charge in [0.15, 0.2) is 0 Å². The van der Waals surface area contributed by atoms with E-state index in [4.69, 9.17) is 4.98 Å². The molecule has 1 aliphatic rings. The minimum Gasteiger partial charge on any atom is -0.356 e. The van der Waals surface area contributed by atoms with Crippen molar-refractivity contribution in [3.63, 3.8) is 0 Å². The minimum absolute atomic E-state index is 0.207. The standard InChI is InChI=1S/C27H22F4N2/c28-23-11-7-20(8-12-23)24-17-21-3-1-2-4-25(21)32-26(24)33-15-13-19(14-16-33)18-5-9-22(10-6-18)27(29,30)31/h1-12,17,19H,13-16H2. The number of benzene rings is 3. The Hall–Kier alpha value is -3.41. The second-order valence-corrected chi connectivity index (χ2v) is 8.44. The molecule has 33 heavy (non-hydrogen) atoms. The normalized spacial score (nSPS) is 15.2. The van der Waals surface area contributed by atoms with E-state index >= 15 is 0 Å². The molecule has 2 nitrogen and oxygen atoms in total. The highest BCUT2D eigenvalue weighted by Crippen LogP contribution is 2.37. The van der Waals surface area contributed by atoms with Crippen molar-refractivity contribution >= 4 is 16.7 Å². The predicted molar refractivity (Wildman–Crippen MR) is 123 cm³/mol. The van der Waals surface area contributed by atoms with E-state index in [1.165, 1.54) is 24.3 Å². The Balaban J connectivity index is 1.42. The fraction of sp³-hybridized carbons (Fsp3) is 0.222. The Morgan fingerprint density at radius 3 is 2.15 bits per heavy atom. The molecule has 0 spiro atoms. The molecule has 5 rings (SSSR count). The molecule has 0 N–H and O–H groups in total. The van der Waals surface area contributed by atoms with E-state index in [-0.39, 0.29) is 11.7 Å². The van der Waals surface area contributed by atoms with Crippen molar-refractivity contribution < 1.29 is 17.6 Å². The molecule has 1 saturated heterocycles. The van der Waals surface area contributed by atoms with Crippen LogP contribution in [-0.2, 0) is 6.18 Å². The Labute approximate surface area is 189 Å². The lowest BCUT2D eigenvalue weighted by atomic mass is 9.88. The second kappa shape index (κ2) is 8.50. The molecule has 0 aliphatic carbocycles. The van der Waals surface area contributed by atoms with Crippen molar-refractivity contribution in [2.75, 3.05) is 18.0 Å². The number of alkyl halides is 3. The van der Waals surface area contributed by atoms with Gasteiger partial charge in [-0.3, -0.25) is 0 Å². The van der Waals surface area contributed by atoms with Crippen molar-refractivity contribution in [3.8, 4) is 11.1 Å². The van der Waals surface area contributed by atoms with Crippen molar-refractivity contribution in [1.82, 2.24) is 4.98 Å². The van der Waals surface area contributed by atoms with Gasteiger partial charge in [0.25, 0.3) is 0 Å². The van der Waals surface area contributed by atoms with Crippen molar-refractivity contribution in [2.24, 2.45) is 0 Å². The average molecular weight is 450 g/mol. The highest BCUT2D eigenvalue weighted by atomic mass is 19.4. The maximum absolute atomic E-state index is 13.5. The zero-order chi connectivity index (χ0) is 23.0. The summed E-state index contributed by atoms with van der Waals surface area (Å²) in [6, 6.07) is 21.9. The summed E-state index contributed by atoms with van der Waals surface area (Å²) in [7, 11) is 0. The van der Waals surface area contributed by atoms with Gasteiger partial charge in [-0.25, -0.2) is 9.37 Å². The number of halogens is 4. The third-order valence-corrected chi connectivity index (χ3v) is 6.36. The number of para-hydroxylation sites is 1.